The quantitative estimate of drug-likeness (QED) is 0.427. The minimum Gasteiger partial charge on any atom is -0.316 e. The first-order chi connectivity index (χ1) is 5.22. The first-order valence-electron chi connectivity index (χ1n) is 4.06. The second kappa shape index (κ2) is 6.31. The van der Waals surface area contributed by atoms with Gasteiger partial charge < -0.3 is 15.4 Å². The van der Waals surface area contributed by atoms with Gasteiger partial charge in [-0.05, 0) is 20.9 Å². The van der Waals surface area contributed by atoms with E-state index in [1.807, 2.05) is 7.05 Å². The zero-order chi connectivity index (χ0) is 8.69. The highest BCUT2D eigenvalue weighted by Gasteiger charge is 2.07. The van der Waals surface area contributed by atoms with E-state index in [9.17, 15) is 4.79 Å². The van der Waals surface area contributed by atoms with Crippen LogP contribution in [-0.4, -0.2) is 32.0 Å². The topological polar surface area (TPSA) is 41.1 Å². The van der Waals surface area contributed by atoms with E-state index in [4.69, 9.17) is 0 Å². The predicted octanol–water partition coefficient (Wildman–Crippen LogP) is 0.161. The van der Waals surface area contributed by atoms with Crippen molar-refractivity contribution in [2.24, 2.45) is 0 Å². The molecule has 2 unspecified atom stereocenters. The molecule has 11 heavy (non-hydrogen) atoms. The Hall–Kier alpha value is -0.410. The van der Waals surface area contributed by atoms with Crippen molar-refractivity contribution in [1.29, 1.82) is 0 Å². The summed E-state index contributed by atoms with van der Waals surface area (Å²) in [5, 5.41) is 6.38. The summed E-state index contributed by atoms with van der Waals surface area (Å²) in [6.45, 7) is 4.99. The number of hydrogen-bond acceptors (Lipinski definition) is 3. The molecule has 2 N–H and O–H groups in total. The van der Waals surface area contributed by atoms with Crippen molar-refractivity contribution in [2.45, 2.75) is 32.4 Å². The number of nitrogens with one attached hydrogen (secondary N) is 2. The molecule has 0 bridgehead atoms. The molecule has 66 valence electrons. The number of rotatable bonds is 6. The lowest BCUT2D eigenvalue weighted by atomic mass is 10.2. The van der Waals surface area contributed by atoms with Gasteiger partial charge in [-0.25, -0.2) is 0 Å². The van der Waals surface area contributed by atoms with Gasteiger partial charge in [-0.3, -0.25) is 0 Å². The molecule has 0 radical (unpaired) electrons. The Kier molecular flexibility index (Phi) is 6.07. The lowest BCUT2D eigenvalue weighted by Crippen LogP contribution is -2.43. The van der Waals surface area contributed by atoms with E-state index in [2.05, 4.69) is 24.5 Å². The van der Waals surface area contributed by atoms with E-state index in [1.165, 1.54) is 0 Å². The van der Waals surface area contributed by atoms with Crippen LogP contribution in [0.5, 0.6) is 0 Å². The maximum atomic E-state index is 9.97. The lowest BCUT2D eigenvalue weighted by Gasteiger charge is -2.19. The molecule has 0 aliphatic carbocycles. The van der Waals surface area contributed by atoms with Gasteiger partial charge in [0.15, 0.2) is 0 Å². The molecule has 2 atom stereocenters. The average molecular weight is 158 g/mol. The largest absolute Gasteiger partial charge is 0.316 e. The van der Waals surface area contributed by atoms with E-state index in [0.29, 0.717) is 18.5 Å². The lowest BCUT2D eigenvalue weighted by molar-refractivity contribution is -0.107. The van der Waals surface area contributed by atoms with Crippen molar-refractivity contribution in [3.05, 3.63) is 0 Å². The van der Waals surface area contributed by atoms with E-state index in [-0.39, 0.29) is 0 Å². The number of carbonyl (C=O) groups excluding carboxylic acids is 1. The van der Waals surface area contributed by atoms with Gasteiger partial charge in [0, 0.05) is 25.0 Å². The number of aldehydes is 1. The summed E-state index contributed by atoms with van der Waals surface area (Å²) >= 11 is 0. The Labute approximate surface area is 68.6 Å². The van der Waals surface area contributed by atoms with Gasteiger partial charge in [-0.15, -0.1) is 0 Å². The van der Waals surface area contributed by atoms with Crippen molar-refractivity contribution in [3.8, 4) is 0 Å². The summed E-state index contributed by atoms with van der Waals surface area (Å²) in [4.78, 5) is 9.97. The highest BCUT2D eigenvalue weighted by molar-refractivity contribution is 5.49. The summed E-state index contributed by atoms with van der Waals surface area (Å²) in [5.41, 5.74) is 0. The summed E-state index contributed by atoms with van der Waals surface area (Å²) < 4.78 is 0. The molecular weight excluding hydrogens is 140 g/mol. The van der Waals surface area contributed by atoms with Crippen LogP contribution in [0.4, 0.5) is 0 Å². The fraction of sp³-hybridized carbons (Fsp3) is 0.875. The van der Waals surface area contributed by atoms with Crippen LogP contribution < -0.4 is 10.6 Å². The first-order valence-corrected chi connectivity index (χ1v) is 4.06. The monoisotopic (exact) mass is 158 g/mol. The molecular formula is C8H18N2O. The molecule has 0 spiro atoms. The highest BCUT2D eigenvalue weighted by atomic mass is 16.1. The molecule has 0 aromatic heterocycles. The van der Waals surface area contributed by atoms with Gasteiger partial charge in [0.2, 0.25) is 0 Å². The van der Waals surface area contributed by atoms with Crippen molar-refractivity contribution >= 4 is 6.29 Å². The smallest absolute Gasteiger partial charge is 0.121 e. The van der Waals surface area contributed by atoms with Gasteiger partial charge in [0.1, 0.15) is 6.29 Å². The Morgan fingerprint density at radius 2 is 2.00 bits per heavy atom. The third-order valence-corrected chi connectivity index (χ3v) is 1.93. The van der Waals surface area contributed by atoms with Crippen LogP contribution in [0.3, 0.4) is 0 Å². The summed E-state index contributed by atoms with van der Waals surface area (Å²) in [5.74, 6) is 0. The minimum absolute atomic E-state index is 0.417. The van der Waals surface area contributed by atoms with Crippen LogP contribution in [0.2, 0.25) is 0 Å². The third kappa shape index (κ3) is 4.93. The molecule has 0 fully saturated rings. The number of likely N-dealkylation sites (N-methyl/N-ethyl adjacent to an activating group) is 1. The molecule has 0 amide bonds. The minimum atomic E-state index is 0.417. The Bertz CT molecular complexity index is 106. The van der Waals surface area contributed by atoms with Gasteiger partial charge in [-0.1, -0.05) is 0 Å². The second-order valence-electron chi connectivity index (χ2n) is 2.78. The molecule has 0 saturated carbocycles. The van der Waals surface area contributed by atoms with Gasteiger partial charge in [-0.2, -0.15) is 0 Å². The molecule has 0 aromatic rings. The third-order valence-electron chi connectivity index (χ3n) is 1.93. The van der Waals surface area contributed by atoms with Gasteiger partial charge >= 0.3 is 0 Å². The predicted molar refractivity (Wildman–Crippen MR) is 46.7 cm³/mol. The SMILES string of the molecule is CNC(C)C(C)NCCC=O. The zero-order valence-electron chi connectivity index (χ0n) is 7.55. The molecule has 3 heteroatoms. The molecule has 0 saturated heterocycles. The summed E-state index contributed by atoms with van der Waals surface area (Å²) in [6.07, 6.45) is 1.53. The second-order valence-corrected chi connectivity index (χ2v) is 2.78. The average Bonchev–Trinajstić information content (AvgIpc) is 2.03. The standard InChI is InChI=1S/C8H18N2O/c1-7(9-3)8(2)10-5-4-6-11/h6-10H,4-5H2,1-3H3. The normalized spacial score (nSPS) is 15.9. The molecule has 0 heterocycles. The number of hydrogen-bond donors (Lipinski definition) is 2. The van der Waals surface area contributed by atoms with E-state index in [0.717, 1.165) is 12.8 Å². The maximum absolute atomic E-state index is 9.97. The Morgan fingerprint density at radius 1 is 1.36 bits per heavy atom. The Balaban J connectivity index is 3.34. The van der Waals surface area contributed by atoms with Crippen LogP contribution in [0.15, 0.2) is 0 Å². The summed E-state index contributed by atoms with van der Waals surface area (Å²) in [6, 6.07) is 0.863. The van der Waals surface area contributed by atoms with Crippen LogP contribution in [-0.2, 0) is 4.79 Å². The zero-order valence-corrected chi connectivity index (χ0v) is 7.55. The molecule has 3 nitrogen and oxygen atoms in total. The Morgan fingerprint density at radius 3 is 2.45 bits per heavy atom. The fourth-order valence-corrected chi connectivity index (χ4v) is 0.797. The van der Waals surface area contributed by atoms with Gasteiger partial charge in [0.25, 0.3) is 0 Å². The van der Waals surface area contributed by atoms with Crippen molar-refractivity contribution < 1.29 is 4.79 Å². The van der Waals surface area contributed by atoms with Crippen molar-refractivity contribution in [2.75, 3.05) is 13.6 Å². The van der Waals surface area contributed by atoms with E-state index in [1.54, 1.807) is 0 Å². The van der Waals surface area contributed by atoms with E-state index < -0.39 is 0 Å². The van der Waals surface area contributed by atoms with Crippen LogP contribution in [0.1, 0.15) is 20.3 Å². The molecule has 0 aliphatic heterocycles. The van der Waals surface area contributed by atoms with Gasteiger partial charge in [0.05, 0.1) is 0 Å². The number of carbonyl (C=O) groups is 1. The van der Waals surface area contributed by atoms with Crippen LogP contribution in [0, 0.1) is 0 Å². The van der Waals surface area contributed by atoms with E-state index >= 15 is 0 Å². The van der Waals surface area contributed by atoms with Crippen LogP contribution >= 0.6 is 0 Å². The highest BCUT2D eigenvalue weighted by Crippen LogP contribution is 1.89. The molecule has 0 aliphatic rings. The first kappa shape index (κ1) is 10.6. The summed E-state index contributed by atoms with van der Waals surface area (Å²) in [7, 11) is 1.93. The maximum Gasteiger partial charge on any atom is 0.121 e. The molecule has 0 rings (SSSR count). The fourth-order valence-electron chi connectivity index (χ4n) is 0.797. The molecule has 0 aromatic carbocycles. The van der Waals surface area contributed by atoms with Crippen LogP contribution in [0.25, 0.3) is 0 Å². The van der Waals surface area contributed by atoms with Crippen molar-refractivity contribution in [3.63, 3.8) is 0 Å². The van der Waals surface area contributed by atoms with Crippen molar-refractivity contribution in [1.82, 2.24) is 10.6 Å².